The third-order valence-electron chi connectivity index (χ3n) is 8.17. The lowest BCUT2D eigenvalue weighted by Gasteiger charge is -2.34. The van der Waals surface area contributed by atoms with Crippen LogP contribution in [-0.2, 0) is 11.3 Å². The average molecular weight is 567 g/mol. The van der Waals surface area contributed by atoms with Crippen molar-refractivity contribution in [3.8, 4) is 5.75 Å². The number of likely N-dealkylation sites (tertiary alicyclic amines) is 1. The number of hydrogen-bond donors (Lipinski definition) is 2. The van der Waals surface area contributed by atoms with Crippen molar-refractivity contribution in [1.82, 2.24) is 15.2 Å². The van der Waals surface area contributed by atoms with Gasteiger partial charge in [0.2, 0.25) is 0 Å². The Hall–Kier alpha value is -3.49. The van der Waals surface area contributed by atoms with Crippen molar-refractivity contribution in [3.63, 3.8) is 0 Å². The molecule has 1 aliphatic carbocycles. The number of pyridine rings is 1. The van der Waals surface area contributed by atoms with E-state index in [-0.39, 0.29) is 30.2 Å². The molecular formula is C32H46N4O5. The number of carbonyl (C=O) groups is 2. The number of aromatic amines is 1. The van der Waals surface area contributed by atoms with Crippen molar-refractivity contribution in [3.05, 3.63) is 56.5 Å². The molecule has 2 aromatic rings. The molecule has 2 N–H and O–H groups in total. The fourth-order valence-electron chi connectivity index (χ4n) is 5.87. The number of ether oxygens (including phenoxy) is 2. The van der Waals surface area contributed by atoms with Crippen LogP contribution in [-0.4, -0.2) is 59.8 Å². The molecule has 0 unspecified atom stereocenters. The first kappa shape index (κ1) is 30.5. The molecule has 224 valence electrons. The van der Waals surface area contributed by atoms with Crippen molar-refractivity contribution in [2.45, 2.75) is 104 Å². The average Bonchev–Trinajstić information content (AvgIpc) is 3.43. The Kier molecular flexibility index (Phi) is 9.34. The third kappa shape index (κ3) is 7.63. The van der Waals surface area contributed by atoms with E-state index in [0.29, 0.717) is 48.8 Å². The van der Waals surface area contributed by atoms with E-state index < -0.39 is 5.60 Å². The first-order valence-corrected chi connectivity index (χ1v) is 14.8. The minimum Gasteiger partial charge on any atom is -0.490 e. The first-order chi connectivity index (χ1) is 19.3. The van der Waals surface area contributed by atoms with Gasteiger partial charge in [-0.05, 0) is 77.6 Å². The topological polar surface area (TPSA) is 104 Å². The molecule has 1 aromatic carbocycles. The van der Waals surface area contributed by atoms with Gasteiger partial charge in [-0.25, -0.2) is 4.79 Å². The molecule has 4 rings (SSSR count). The van der Waals surface area contributed by atoms with Gasteiger partial charge in [-0.2, -0.15) is 0 Å². The minimum atomic E-state index is -0.531. The second-order valence-electron chi connectivity index (χ2n) is 12.6. The van der Waals surface area contributed by atoms with Gasteiger partial charge in [0, 0.05) is 74.1 Å². The van der Waals surface area contributed by atoms with Crippen molar-refractivity contribution < 1.29 is 19.1 Å². The monoisotopic (exact) mass is 566 g/mol. The Morgan fingerprint density at radius 1 is 1.05 bits per heavy atom. The van der Waals surface area contributed by atoms with Gasteiger partial charge in [-0.3, -0.25) is 9.59 Å². The number of aromatic nitrogens is 1. The molecule has 0 spiro atoms. The van der Waals surface area contributed by atoms with Crippen molar-refractivity contribution >= 4 is 17.7 Å². The van der Waals surface area contributed by atoms with Crippen LogP contribution in [0.4, 0.5) is 10.5 Å². The highest BCUT2D eigenvalue weighted by Crippen LogP contribution is 2.35. The molecule has 2 fully saturated rings. The fourth-order valence-corrected chi connectivity index (χ4v) is 5.87. The van der Waals surface area contributed by atoms with Gasteiger partial charge in [0.15, 0.2) is 0 Å². The predicted octanol–water partition coefficient (Wildman–Crippen LogP) is 5.39. The molecule has 41 heavy (non-hydrogen) atoms. The number of hydrogen-bond acceptors (Lipinski definition) is 6. The van der Waals surface area contributed by atoms with E-state index >= 15 is 0 Å². The van der Waals surface area contributed by atoms with E-state index in [4.69, 9.17) is 9.47 Å². The number of anilines is 1. The van der Waals surface area contributed by atoms with E-state index in [1.807, 2.05) is 59.7 Å². The van der Waals surface area contributed by atoms with Gasteiger partial charge in [0.05, 0.1) is 0 Å². The maximum Gasteiger partial charge on any atom is 0.410 e. The molecule has 1 aliphatic heterocycles. The molecule has 1 saturated heterocycles. The highest BCUT2D eigenvalue weighted by Gasteiger charge is 2.29. The minimum absolute atomic E-state index is 0.0780. The van der Waals surface area contributed by atoms with Crippen LogP contribution in [0.2, 0.25) is 0 Å². The summed E-state index contributed by atoms with van der Waals surface area (Å²) in [5.41, 5.74) is 3.88. The molecule has 1 aromatic heterocycles. The Bertz CT molecular complexity index is 1310. The van der Waals surface area contributed by atoms with Crippen molar-refractivity contribution in [1.29, 1.82) is 0 Å². The summed E-state index contributed by atoms with van der Waals surface area (Å²) < 4.78 is 12.0. The summed E-state index contributed by atoms with van der Waals surface area (Å²) in [4.78, 5) is 45.4. The standard InChI is InChI=1S/C32H46N4O5/c1-20-16-21(2)34-30(38)27(20)19-33-29(37)26-17-25(18-28(22(26)3)35(7)23-10-8-9-11-23)40-24-12-14-36(15-13-24)31(39)41-32(4,5)6/h16-18,23-24H,8-15,19H2,1-7H3,(H,33,37)(H,34,38). The molecule has 0 atom stereocenters. The van der Waals surface area contributed by atoms with Gasteiger partial charge in [-0.1, -0.05) is 12.8 Å². The quantitative estimate of drug-likeness (QED) is 0.466. The van der Waals surface area contributed by atoms with E-state index in [1.54, 1.807) is 4.90 Å². The summed E-state index contributed by atoms with van der Waals surface area (Å²) in [7, 11) is 2.10. The van der Waals surface area contributed by atoms with E-state index in [0.717, 1.165) is 35.3 Å². The molecule has 2 heterocycles. The molecule has 1 saturated carbocycles. The van der Waals surface area contributed by atoms with Gasteiger partial charge in [0.25, 0.3) is 11.5 Å². The predicted molar refractivity (Wildman–Crippen MR) is 161 cm³/mol. The molecule has 2 amide bonds. The van der Waals surface area contributed by atoms with Gasteiger partial charge in [0.1, 0.15) is 17.5 Å². The number of aryl methyl sites for hydroxylation is 2. The fraction of sp³-hybridized carbons (Fsp3) is 0.594. The summed E-state index contributed by atoms with van der Waals surface area (Å²) in [5.74, 6) is 0.397. The zero-order valence-corrected chi connectivity index (χ0v) is 25.7. The molecule has 9 heteroatoms. The summed E-state index contributed by atoms with van der Waals surface area (Å²) in [6.07, 6.45) is 5.65. The van der Waals surface area contributed by atoms with Crippen LogP contribution in [0.25, 0.3) is 0 Å². The number of H-pyrrole nitrogens is 1. The largest absolute Gasteiger partial charge is 0.490 e. The van der Waals surface area contributed by atoms with Crippen LogP contribution in [0.5, 0.6) is 5.75 Å². The smallest absolute Gasteiger partial charge is 0.410 e. The van der Waals surface area contributed by atoms with E-state index in [2.05, 4.69) is 22.2 Å². The number of nitrogens with one attached hydrogen (secondary N) is 2. The van der Waals surface area contributed by atoms with Gasteiger partial charge >= 0.3 is 6.09 Å². The second-order valence-corrected chi connectivity index (χ2v) is 12.6. The summed E-state index contributed by atoms with van der Waals surface area (Å²) in [6, 6.07) is 6.18. The second kappa shape index (κ2) is 12.6. The molecule has 0 bridgehead atoms. The zero-order valence-electron chi connectivity index (χ0n) is 25.7. The summed E-state index contributed by atoms with van der Waals surface area (Å²) >= 11 is 0. The number of amides is 2. The van der Waals surface area contributed by atoms with Crippen LogP contribution in [0, 0.1) is 20.8 Å². The number of nitrogens with zero attached hydrogens (tertiary/aromatic N) is 2. The van der Waals surface area contributed by atoms with Crippen LogP contribution in [0.15, 0.2) is 23.0 Å². The zero-order chi connectivity index (χ0) is 29.9. The summed E-state index contributed by atoms with van der Waals surface area (Å²) in [5, 5.41) is 2.97. The van der Waals surface area contributed by atoms with Crippen LogP contribution in [0.1, 0.15) is 92.0 Å². The van der Waals surface area contributed by atoms with Crippen molar-refractivity contribution in [2.75, 3.05) is 25.0 Å². The molecular weight excluding hydrogens is 520 g/mol. The molecule has 9 nitrogen and oxygen atoms in total. The SMILES string of the molecule is Cc1cc(C)c(CNC(=O)c2cc(OC3CCN(C(=O)OC(C)(C)C)CC3)cc(N(C)C3CCCC3)c2C)c(=O)[nH]1. The highest BCUT2D eigenvalue weighted by molar-refractivity contribution is 5.97. The Morgan fingerprint density at radius 2 is 1.71 bits per heavy atom. The van der Waals surface area contributed by atoms with Crippen LogP contribution >= 0.6 is 0 Å². The first-order valence-electron chi connectivity index (χ1n) is 14.8. The number of carbonyl (C=O) groups excluding carboxylic acids is 2. The summed E-state index contributed by atoms with van der Waals surface area (Å²) in [6.45, 7) is 12.5. The number of benzene rings is 1. The number of piperidine rings is 1. The third-order valence-corrected chi connectivity index (χ3v) is 8.17. The maximum atomic E-state index is 13.5. The Morgan fingerprint density at radius 3 is 2.32 bits per heavy atom. The molecule has 0 radical (unpaired) electrons. The lowest BCUT2D eigenvalue weighted by molar-refractivity contribution is 0.0126. The van der Waals surface area contributed by atoms with Crippen LogP contribution in [0.3, 0.4) is 0 Å². The van der Waals surface area contributed by atoms with Crippen molar-refractivity contribution in [2.24, 2.45) is 0 Å². The van der Waals surface area contributed by atoms with E-state index in [1.165, 1.54) is 12.8 Å². The lowest BCUT2D eigenvalue weighted by Crippen LogP contribution is -2.44. The van der Waals surface area contributed by atoms with E-state index in [9.17, 15) is 14.4 Å². The molecule has 2 aliphatic rings. The number of rotatable bonds is 7. The van der Waals surface area contributed by atoms with Gasteiger partial charge < -0.3 is 29.6 Å². The normalized spacial score (nSPS) is 16.5. The van der Waals surface area contributed by atoms with Crippen LogP contribution < -0.4 is 20.5 Å². The highest BCUT2D eigenvalue weighted by atomic mass is 16.6. The van der Waals surface area contributed by atoms with Gasteiger partial charge in [-0.15, -0.1) is 0 Å². The maximum absolute atomic E-state index is 13.5. The Labute approximate surface area is 243 Å². The Balaban J connectivity index is 1.53. The lowest BCUT2D eigenvalue weighted by atomic mass is 10.0.